The lowest BCUT2D eigenvalue weighted by atomic mass is 10.2. The molecule has 0 saturated heterocycles. The van der Waals surface area contributed by atoms with E-state index >= 15 is 0 Å². The van der Waals surface area contributed by atoms with Gasteiger partial charge in [0, 0.05) is 16.8 Å². The molecular formula is C20H15N3O2. The second-order valence-electron chi connectivity index (χ2n) is 5.48. The predicted octanol–water partition coefficient (Wildman–Crippen LogP) is 4.78. The van der Waals surface area contributed by atoms with Gasteiger partial charge in [0.2, 0.25) is 5.82 Å². The van der Waals surface area contributed by atoms with Crippen LogP contribution in [0.2, 0.25) is 0 Å². The summed E-state index contributed by atoms with van der Waals surface area (Å²) in [6, 6.07) is 24.5. The molecule has 4 aromatic rings. The highest BCUT2D eigenvalue weighted by molar-refractivity contribution is 5.62. The maximum absolute atomic E-state index is 5.78. The first-order chi connectivity index (χ1) is 12.3. The van der Waals surface area contributed by atoms with Crippen molar-refractivity contribution in [2.45, 2.75) is 0 Å². The van der Waals surface area contributed by atoms with Crippen LogP contribution in [0.1, 0.15) is 0 Å². The fraction of sp³-hybridized carbons (Fsp3) is 0. The van der Waals surface area contributed by atoms with Crippen LogP contribution in [0.5, 0.6) is 11.5 Å². The minimum Gasteiger partial charge on any atom is -0.457 e. The Bertz CT molecular complexity index is 962. The minimum absolute atomic E-state index is 0.458. The van der Waals surface area contributed by atoms with Crippen LogP contribution in [0.3, 0.4) is 0 Å². The van der Waals surface area contributed by atoms with Crippen LogP contribution in [0, 0.1) is 0 Å². The van der Waals surface area contributed by atoms with Gasteiger partial charge >= 0.3 is 0 Å². The molecule has 5 heteroatoms. The molecule has 0 fully saturated rings. The topological polar surface area (TPSA) is 74.2 Å². The van der Waals surface area contributed by atoms with Crippen molar-refractivity contribution in [2.24, 2.45) is 0 Å². The van der Waals surface area contributed by atoms with Gasteiger partial charge in [0.1, 0.15) is 11.5 Å². The molecule has 122 valence electrons. The lowest BCUT2D eigenvalue weighted by molar-refractivity contribution is 0.432. The maximum atomic E-state index is 5.78. The molecule has 0 saturated carbocycles. The zero-order chi connectivity index (χ0) is 17.1. The summed E-state index contributed by atoms with van der Waals surface area (Å²) in [7, 11) is 0. The number of para-hydroxylation sites is 1. The quantitative estimate of drug-likeness (QED) is 0.545. The molecule has 0 aliphatic heterocycles. The Hall–Kier alpha value is -3.60. The van der Waals surface area contributed by atoms with Gasteiger partial charge in [-0.3, -0.25) is 0 Å². The summed E-state index contributed by atoms with van der Waals surface area (Å²) in [4.78, 5) is 4.43. The summed E-state index contributed by atoms with van der Waals surface area (Å²) in [5.74, 6) is 2.52. The van der Waals surface area contributed by atoms with Gasteiger partial charge in [-0.05, 0) is 60.7 Å². The summed E-state index contributed by atoms with van der Waals surface area (Å²) in [5.41, 5.74) is 8.07. The molecule has 0 bridgehead atoms. The van der Waals surface area contributed by atoms with Crippen molar-refractivity contribution in [1.29, 1.82) is 0 Å². The third-order valence-corrected chi connectivity index (χ3v) is 3.68. The van der Waals surface area contributed by atoms with Crippen LogP contribution in [-0.4, -0.2) is 10.1 Å². The number of rotatable bonds is 4. The zero-order valence-electron chi connectivity index (χ0n) is 13.3. The fourth-order valence-electron chi connectivity index (χ4n) is 2.38. The number of ether oxygens (including phenoxy) is 1. The number of anilines is 1. The van der Waals surface area contributed by atoms with E-state index in [-0.39, 0.29) is 0 Å². The Morgan fingerprint density at radius 1 is 0.720 bits per heavy atom. The van der Waals surface area contributed by atoms with Gasteiger partial charge in [0.25, 0.3) is 5.89 Å². The Kier molecular flexibility index (Phi) is 3.88. The van der Waals surface area contributed by atoms with Crippen LogP contribution in [0.4, 0.5) is 5.69 Å². The molecule has 3 aromatic carbocycles. The first kappa shape index (κ1) is 15.0. The van der Waals surface area contributed by atoms with E-state index < -0.39 is 0 Å². The van der Waals surface area contributed by atoms with E-state index in [2.05, 4.69) is 10.1 Å². The number of nitrogens with two attached hydrogens (primary N) is 1. The van der Waals surface area contributed by atoms with Crippen LogP contribution in [0.25, 0.3) is 22.8 Å². The molecule has 0 spiro atoms. The smallest absolute Gasteiger partial charge is 0.258 e. The van der Waals surface area contributed by atoms with E-state index in [4.69, 9.17) is 15.0 Å². The molecule has 0 aliphatic carbocycles. The highest BCUT2D eigenvalue weighted by atomic mass is 16.5. The molecule has 1 aromatic heterocycles. The van der Waals surface area contributed by atoms with Crippen molar-refractivity contribution in [3.63, 3.8) is 0 Å². The number of nitrogens with zero attached hydrogens (tertiary/aromatic N) is 2. The Morgan fingerprint density at radius 2 is 1.36 bits per heavy atom. The lowest BCUT2D eigenvalue weighted by Gasteiger charge is -2.05. The van der Waals surface area contributed by atoms with E-state index in [0.717, 1.165) is 22.6 Å². The molecule has 0 amide bonds. The van der Waals surface area contributed by atoms with Gasteiger partial charge in [-0.2, -0.15) is 4.98 Å². The highest BCUT2D eigenvalue weighted by Gasteiger charge is 2.10. The summed E-state index contributed by atoms with van der Waals surface area (Å²) >= 11 is 0. The third kappa shape index (κ3) is 3.35. The molecule has 25 heavy (non-hydrogen) atoms. The van der Waals surface area contributed by atoms with E-state index in [1.165, 1.54) is 0 Å². The van der Waals surface area contributed by atoms with E-state index in [1.54, 1.807) is 12.1 Å². The average molecular weight is 329 g/mol. The maximum Gasteiger partial charge on any atom is 0.258 e. The number of aromatic nitrogens is 2. The Balaban J connectivity index is 1.53. The van der Waals surface area contributed by atoms with Gasteiger partial charge in [0.15, 0.2) is 0 Å². The summed E-state index contributed by atoms with van der Waals surface area (Å²) < 4.78 is 11.1. The molecule has 0 unspecified atom stereocenters. The monoisotopic (exact) mass is 329 g/mol. The standard InChI is InChI=1S/C20H15N3O2/c21-16-10-6-15(7-11-16)20-22-19(23-25-20)14-8-12-18(13-9-14)24-17-4-2-1-3-5-17/h1-13H,21H2. The zero-order valence-corrected chi connectivity index (χ0v) is 13.3. The van der Waals surface area contributed by atoms with Crippen molar-refractivity contribution < 1.29 is 9.26 Å². The van der Waals surface area contributed by atoms with Gasteiger partial charge in [0.05, 0.1) is 0 Å². The van der Waals surface area contributed by atoms with Crippen molar-refractivity contribution in [1.82, 2.24) is 10.1 Å². The minimum atomic E-state index is 0.458. The first-order valence-corrected chi connectivity index (χ1v) is 7.81. The summed E-state index contributed by atoms with van der Waals surface area (Å²) in [6.45, 7) is 0. The number of hydrogen-bond acceptors (Lipinski definition) is 5. The van der Waals surface area contributed by atoms with Gasteiger partial charge in [-0.1, -0.05) is 23.4 Å². The van der Waals surface area contributed by atoms with Gasteiger partial charge < -0.3 is 15.0 Å². The predicted molar refractivity (Wildman–Crippen MR) is 96.1 cm³/mol. The van der Waals surface area contributed by atoms with E-state index in [1.807, 2.05) is 66.7 Å². The molecule has 0 atom stereocenters. The SMILES string of the molecule is Nc1ccc(-c2nc(-c3ccc(Oc4ccccc4)cc3)no2)cc1. The van der Waals surface area contributed by atoms with E-state index in [0.29, 0.717) is 17.4 Å². The second-order valence-corrected chi connectivity index (χ2v) is 5.48. The van der Waals surface area contributed by atoms with E-state index in [9.17, 15) is 0 Å². The van der Waals surface area contributed by atoms with Crippen LogP contribution >= 0.6 is 0 Å². The lowest BCUT2D eigenvalue weighted by Crippen LogP contribution is -1.85. The largest absolute Gasteiger partial charge is 0.457 e. The van der Waals surface area contributed by atoms with Crippen LogP contribution < -0.4 is 10.5 Å². The second kappa shape index (κ2) is 6.49. The molecular weight excluding hydrogens is 314 g/mol. The van der Waals surface area contributed by atoms with Crippen molar-refractivity contribution in [3.8, 4) is 34.3 Å². The molecule has 1 heterocycles. The third-order valence-electron chi connectivity index (χ3n) is 3.68. The number of benzene rings is 3. The van der Waals surface area contributed by atoms with Crippen molar-refractivity contribution in [3.05, 3.63) is 78.9 Å². The molecule has 5 nitrogen and oxygen atoms in total. The molecule has 2 N–H and O–H groups in total. The Morgan fingerprint density at radius 3 is 2.08 bits per heavy atom. The fourth-order valence-corrected chi connectivity index (χ4v) is 2.38. The summed E-state index contributed by atoms with van der Waals surface area (Å²) in [5, 5.41) is 4.04. The molecule has 0 radical (unpaired) electrons. The average Bonchev–Trinajstić information content (AvgIpc) is 3.14. The molecule has 4 rings (SSSR count). The van der Waals surface area contributed by atoms with Gasteiger partial charge in [-0.15, -0.1) is 0 Å². The number of hydrogen-bond donors (Lipinski definition) is 1. The number of nitrogen functional groups attached to an aromatic ring is 1. The Labute approximate surface area is 144 Å². The highest BCUT2D eigenvalue weighted by Crippen LogP contribution is 2.26. The van der Waals surface area contributed by atoms with Crippen LogP contribution in [0.15, 0.2) is 83.4 Å². The van der Waals surface area contributed by atoms with Crippen LogP contribution in [-0.2, 0) is 0 Å². The van der Waals surface area contributed by atoms with Crippen molar-refractivity contribution in [2.75, 3.05) is 5.73 Å². The summed E-state index contributed by atoms with van der Waals surface area (Å²) in [6.07, 6.45) is 0. The van der Waals surface area contributed by atoms with Crippen molar-refractivity contribution >= 4 is 5.69 Å². The molecule has 0 aliphatic rings. The normalized spacial score (nSPS) is 10.6. The van der Waals surface area contributed by atoms with Gasteiger partial charge in [-0.25, -0.2) is 0 Å². The first-order valence-electron chi connectivity index (χ1n) is 7.81.